The Morgan fingerprint density at radius 3 is 2.85 bits per heavy atom. The highest BCUT2D eigenvalue weighted by molar-refractivity contribution is 6.05. The zero-order valence-corrected chi connectivity index (χ0v) is 11.8. The first-order valence-corrected chi connectivity index (χ1v) is 6.75. The van der Waals surface area contributed by atoms with E-state index in [1.165, 1.54) is 0 Å². The molecule has 0 heterocycles. The number of hydrogen-bond acceptors (Lipinski definition) is 4. The predicted octanol–water partition coefficient (Wildman–Crippen LogP) is 0.468. The molecule has 0 aliphatic heterocycles. The van der Waals surface area contributed by atoms with Crippen LogP contribution in [0.25, 0.3) is 0 Å². The third kappa shape index (κ3) is 3.23. The topological polar surface area (TPSA) is 69.6 Å². The average Bonchev–Trinajstić information content (AvgIpc) is 2.77. The molecule has 0 spiro atoms. The van der Waals surface area contributed by atoms with E-state index in [1.54, 1.807) is 18.2 Å². The number of fused-ring (bicyclic) bond motifs is 1. The van der Waals surface area contributed by atoms with E-state index in [4.69, 9.17) is 0 Å². The Balaban J connectivity index is 2.02. The largest absolute Gasteiger partial charge is 0.390 e. The Morgan fingerprint density at radius 2 is 2.15 bits per heavy atom. The van der Waals surface area contributed by atoms with Gasteiger partial charge in [0.25, 0.3) is 5.91 Å². The van der Waals surface area contributed by atoms with E-state index in [9.17, 15) is 14.7 Å². The number of nitrogens with one attached hydrogen (secondary N) is 1. The van der Waals surface area contributed by atoms with Crippen molar-refractivity contribution >= 4 is 11.7 Å². The summed E-state index contributed by atoms with van der Waals surface area (Å²) in [5.74, 6) is -0.128. The molecule has 0 radical (unpaired) electrons. The number of aliphatic hydroxyl groups excluding tert-OH is 1. The zero-order valence-electron chi connectivity index (χ0n) is 11.8. The fourth-order valence-corrected chi connectivity index (χ4v) is 2.50. The molecular formula is C15H20N2O3. The molecule has 2 rings (SSSR count). The number of aliphatic hydroxyl groups is 1. The van der Waals surface area contributed by atoms with Gasteiger partial charge in [0.15, 0.2) is 5.78 Å². The van der Waals surface area contributed by atoms with Crippen molar-refractivity contribution in [3.63, 3.8) is 0 Å². The Labute approximate surface area is 118 Å². The molecule has 1 aromatic rings. The Kier molecular flexibility index (Phi) is 4.52. The third-order valence-electron chi connectivity index (χ3n) is 3.40. The van der Waals surface area contributed by atoms with Crippen molar-refractivity contribution in [1.82, 2.24) is 10.2 Å². The maximum atomic E-state index is 12.2. The van der Waals surface area contributed by atoms with Crippen LogP contribution in [0.3, 0.4) is 0 Å². The minimum absolute atomic E-state index is 0.0993. The van der Waals surface area contributed by atoms with Crippen LogP contribution in [-0.4, -0.2) is 55.0 Å². The number of carbonyl (C=O) groups excluding carboxylic acids is 2. The maximum Gasteiger partial charge on any atom is 0.251 e. The van der Waals surface area contributed by atoms with Crippen molar-refractivity contribution in [2.75, 3.05) is 27.2 Å². The summed E-state index contributed by atoms with van der Waals surface area (Å²) in [5.41, 5.74) is 2.04. The van der Waals surface area contributed by atoms with Gasteiger partial charge in [-0.2, -0.15) is 0 Å². The van der Waals surface area contributed by atoms with Crippen molar-refractivity contribution in [3.8, 4) is 0 Å². The van der Waals surface area contributed by atoms with Gasteiger partial charge < -0.3 is 15.3 Å². The minimum Gasteiger partial charge on any atom is -0.390 e. The summed E-state index contributed by atoms with van der Waals surface area (Å²) >= 11 is 0. The number of ketones is 1. The lowest BCUT2D eigenvalue weighted by molar-refractivity contribution is 0.0891. The van der Waals surface area contributed by atoms with Crippen LogP contribution in [0, 0.1) is 0 Å². The molecule has 0 saturated carbocycles. The molecule has 1 amide bonds. The molecule has 0 bridgehead atoms. The molecule has 108 valence electrons. The number of hydrogen-bond donors (Lipinski definition) is 2. The first kappa shape index (κ1) is 14.7. The van der Waals surface area contributed by atoms with E-state index >= 15 is 0 Å². The number of likely N-dealkylation sites (N-methyl/N-ethyl adjacent to an activating group) is 1. The van der Waals surface area contributed by atoms with Gasteiger partial charge in [0.05, 0.1) is 6.10 Å². The lowest BCUT2D eigenvalue weighted by Gasteiger charge is -2.17. The van der Waals surface area contributed by atoms with Gasteiger partial charge in [0.1, 0.15) is 0 Å². The smallest absolute Gasteiger partial charge is 0.251 e. The van der Waals surface area contributed by atoms with Gasteiger partial charge in [-0.15, -0.1) is 0 Å². The summed E-state index contributed by atoms with van der Waals surface area (Å²) in [6.07, 6.45) is 0.494. The molecule has 2 N–H and O–H groups in total. The summed E-state index contributed by atoms with van der Waals surface area (Å²) in [6, 6.07) is 5.22. The van der Waals surface area contributed by atoms with E-state index in [-0.39, 0.29) is 18.2 Å². The molecule has 1 atom stereocenters. The van der Waals surface area contributed by atoms with Crippen LogP contribution in [0.2, 0.25) is 0 Å². The standard InChI is InChI=1S/C15H20N2O3/c1-17(2)9-10(18)8-16-15(20)13-5-3-4-12-11(13)6-7-14(12)19/h3-5,10,18H,6-9H2,1-2H3,(H,16,20). The Hall–Kier alpha value is -1.72. The molecule has 1 aliphatic carbocycles. The van der Waals surface area contributed by atoms with Crippen LogP contribution in [0.4, 0.5) is 0 Å². The van der Waals surface area contributed by atoms with E-state index < -0.39 is 6.10 Å². The van der Waals surface area contributed by atoms with Gasteiger partial charge in [0, 0.05) is 30.6 Å². The summed E-state index contributed by atoms with van der Waals surface area (Å²) < 4.78 is 0. The first-order valence-electron chi connectivity index (χ1n) is 6.75. The average molecular weight is 276 g/mol. The second-order valence-corrected chi connectivity index (χ2v) is 5.38. The Bertz CT molecular complexity index is 526. The van der Waals surface area contributed by atoms with Gasteiger partial charge in [-0.25, -0.2) is 0 Å². The molecule has 5 heteroatoms. The van der Waals surface area contributed by atoms with Crippen molar-refractivity contribution in [2.45, 2.75) is 18.9 Å². The highest BCUT2D eigenvalue weighted by atomic mass is 16.3. The van der Waals surface area contributed by atoms with Crippen LogP contribution < -0.4 is 5.32 Å². The molecule has 0 aromatic heterocycles. The molecule has 20 heavy (non-hydrogen) atoms. The van der Waals surface area contributed by atoms with Gasteiger partial charge in [0.2, 0.25) is 0 Å². The molecule has 0 saturated heterocycles. The minimum atomic E-state index is -0.604. The number of Topliss-reactive ketones (excluding diaryl/α,β-unsaturated/α-hetero) is 1. The zero-order chi connectivity index (χ0) is 14.7. The fraction of sp³-hybridized carbons (Fsp3) is 0.467. The van der Waals surface area contributed by atoms with Gasteiger partial charge in [-0.05, 0) is 32.1 Å². The van der Waals surface area contributed by atoms with Crippen molar-refractivity contribution in [2.24, 2.45) is 0 Å². The fourth-order valence-electron chi connectivity index (χ4n) is 2.50. The van der Waals surface area contributed by atoms with Gasteiger partial charge in [-0.1, -0.05) is 12.1 Å². The molecule has 5 nitrogen and oxygen atoms in total. The van der Waals surface area contributed by atoms with E-state index in [0.29, 0.717) is 30.5 Å². The SMILES string of the molecule is CN(C)CC(O)CNC(=O)c1cccc2c1CCC2=O. The lowest BCUT2D eigenvalue weighted by atomic mass is 10.0. The lowest BCUT2D eigenvalue weighted by Crippen LogP contribution is -2.38. The van der Waals surface area contributed by atoms with Crippen LogP contribution in [0.5, 0.6) is 0 Å². The van der Waals surface area contributed by atoms with Crippen molar-refractivity contribution in [3.05, 3.63) is 34.9 Å². The quantitative estimate of drug-likeness (QED) is 0.820. The number of carbonyl (C=O) groups is 2. The number of amides is 1. The normalized spacial score (nSPS) is 15.3. The summed E-state index contributed by atoms with van der Waals surface area (Å²) in [4.78, 5) is 25.7. The van der Waals surface area contributed by atoms with Crippen molar-refractivity contribution in [1.29, 1.82) is 0 Å². The van der Waals surface area contributed by atoms with E-state index in [2.05, 4.69) is 5.32 Å². The van der Waals surface area contributed by atoms with E-state index in [1.807, 2.05) is 19.0 Å². The monoisotopic (exact) mass is 276 g/mol. The van der Waals surface area contributed by atoms with Gasteiger partial charge in [-0.3, -0.25) is 9.59 Å². The second kappa shape index (κ2) is 6.15. The van der Waals surface area contributed by atoms with E-state index in [0.717, 1.165) is 5.56 Å². The van der Waals surface area contributed by atoms with Crippen LogP contribution in [-0.2, 0) is 6.42 Å². The van der Waals surface area contributed by atoms with Gasteiger partial charge >= 0.3 is 0 Å². The van der Waals surface area contributed by atoms with Crippen LogP contribution in [0.15, 0.2) is 18.2 Å². The summed E-state index contributed by atoms with van der Waals surface area (Å²) in [7, 11) is 3.72. The molecule has 1 unspecified atom stereocenters. The first-order chi connectivity index (χ1) is 9.49. The molecular weight excluding hydrogens is 256 g/mol. The van der Waals surface area contributed by atoms with Crippen LogP contribution >= 0.6 is 0 Å². The third-order valence-corrected chi connectivity index (χ3v) is 3.40. The molecule has 1 aromatic carbocycles. The highest BCUT2D eigenvalue weighted by Gasteiger charge is 2.24. The number of nitrogens with zero attached hydrogens (tertiary/aromatic N) is 1. The Morgan fingerprint density at radius 1 is 1.40 bits per heavy atom. The summed E-state index contributed by atoms with van der Waals surface area (Å²) in [6.45, 7) is 0.695. The molecule has 1 aliphatic rings. The second-order valence-electron chi connectivity index (χ2n) is 5.38. The maximum absolute atomic E-state index is 12.2. The predicted molar refractivity (Wildman–Crippen MR) is 76.0 cm³/mol. The highest BCUT2D eigenvalue weighted by Crippen LogP contribution is 2.25. The molecule has 0 fully saturated rings. The number of rotatable bonds is 5. The number of benzene rings is 1. The summed E-state index contributed by atoms with van der Waals surface area (Å²) in [5, 5.41) is 12.5. The van der Waals surface area contributed by atoms with Crippen molar-refractivity contribution < 1.29 is 14.7 Å². The van der Waals surface area contributed by atoms with Crippen LogP contribution in [0.1, 0.15) is 32.7 Å².